The Hall–Kier alpha value is 0.390. The fourth-order valence-electron chi connectivity index (χ4n) is 1.04. The highest BCUT2D eigenvalue weighted by Gasteiger charge is 2.14. The molecule has 0 rings (SSSR count). The van der Waals surface area contributed by atoms with Crippen molar-refractivity contribution in [1.82, 2.24) is 5.32 Å². The SMILES string of the molecule is CCC(Br)CCNCCS(=O)(=O)C(C)C. The average molecular weight is 300 g/mol. The van der Waals surface area contributed by atoms with E-state index < -0.39 is 9.84 Å². The minimum atomic E-state index is -2.88. The molecule has 0 aromatic heterocycles. The van der Waals surface area contributed by atoms with Crippen LogP contribution in [0.25, 0.3) is 0 Å². The van der Waals surface area contributed by atoms with Crippen LogP contribution in [0.2, 0.25) is 0 Å². The van der Waals surface area contributed by atoms with Gasteiger partial charge in [0.1, 0.15) is 0 Å². The zero-order valence-electron chi connectivity index (χ0n) is 9.79. The molecule has 0 spiro atoms. The van der Waals surface area contributed by atoms with Crippen LogP contribution in [0.15, 0.2) is 0 Å². The van der Waals surface area contributed by atoms with Gasteiger partial charge in [-0.25, -0.2) is 8.42 Å². The molecule has 15 heavy (non-hydrogen) atoms. The smallest absolute Gasteiger partial charge is 0.153 e. The third-order valence-corrected chi connectivity index (χ3v) is 5.67. The summed E-state index contributed by atoms with van der Waals surface area (Å²) in [6.45, 7) is 7.01. The van der Waals surface area contributed by atoms with E-state index in [9.17, 15) is 8.42 Å². The number of hydrogen-bond acceptors (Lipinski definition) is 3. The molecule has 0 bridgehead atoms. The van der Waals surface area contributed by atoms with Gasteiger partial charge in [-0.05, 0) is 33.2 Å². The van der Waals surface area contributed by atoms with Gasteiger partial charge < -0.3 is 5.32 Å². The van der Waals surface area contributed by atoms with Crippen LogP contribution in [-0.4, -0.2) is 37.3 Å². The second-order valence-electron chi connectivity index (χ2n) is 3.96. The quantitative estimate of drug-likeness (QED) is 0.550. The summed E-state index contributed by atoms with van der Waals surface area (Å²) in [4.78, 5) is 0.534. The molecular weight excluding hydrogens is 278 g/mol. The first-order chi connectivity index (χ1) is 6.90. The van der Waals surface area contributed by atoms with E-state index in [1.54, 1.807) is 13.8 Å². The monoisotopic (exact) mass is 299 g/mol. The predicted molar refractivity (Wildman–Crippen MR) is 69.4 cm³/mol. The van der Waals surface area contributed by atoms with Gasteiger partial charge in [0.2, 0.25) is 0 Å². The molecule has 5 heteroatoms. The largest absolute Gasteiger partial charge is 0.316 e. The number of rotatable bonds is 8. The van der Waals surface area contributed by atoms with Gasteiger partial charge in [-0.15, -0.1) is 0 Å². The van der Waals surface area contributed by atoms with Crippen LogP contribution in [0.4, 0.5) is 0 Å². The Kier molecular flexibility index (Phi) is 7.83. The summed E-state index contributed by atoms with van der Waals surface area (Å²) in [6.07, 6.45) is 2.14. The number of halogens is 1. The Morgan fingerprint density at radius 2 is 1.87 bits per heavy atom. The molecule has 0 heterocycles. The maximum atomic E-state index is 11.4. The lowest BCUT2D eigenvalue weighted by Crippen LogP contribution is -2.28. The maximum absolute atomic E-state index is 11.4. The summed E-state index contributed by atoms with van der Waals surface area (Å²) in [7, 11) is -2.88. The summed E-state index contributed by atoms with van der Waals surface area (Å²) in [5, 5.41) is 2.89. The van der Waals surface area contributed by atoms with Crippen molar-refractivity contribution < 1.29 is 8.42 Å². The van der Waals surface area contributed by atoms with E-state index in [4.69, 9.17) is 0 Å². The molecule has 0 aliphatic rings. The van der Waals surface area contributed by atoms with Crippen LogP contribution in [0.1, 0.15) is 33.6 Å². The summed E-state index contributed by atoms with van der Waals surface area (Å²) in [5.41, 5.74) is 0. The van der Waals surface area contributed by atoms with Crippen LogP contribution in [0, 0.1) is 0 Å². The third kappa shape index (κ3) is 7.30. The van der Waals surface area contributed by atoms with Crippen molar-refractivity contribution in [3.63, 3.8) is 0 Å². The highest BCUT2D eigenvalue weighted by Crippen LogP contribution is 2.07. The molecule has 0 fully saturated rings. The minimum Gasteiger partial charge on any atom is -0.316 e. The molecule has 0 amide bonds. The summed E-state index contributed by atoms with van der Waals surface area (Å²) < 4.78 is 22.9. The lowest BCUT2D eigenvalue weighted by molar-refractivity contribution is 0.580. The first-order valence-electron chi connectivity index (χ1n) is 5.46. The Morgan fingerprint density at radius 3 is 2.33 bits per heavy atom. The number of sulfone groups is 1. The Balaban J connectivity index is 3.56. The molecule has 0 aromatic carbocycles. The van der Waals surface area contributed by atoms with E-state index in [1.807, 2.05) is 0 Å². The van der Waals surface area contributed by atoms with Gasteiger partial charge in [0, 0.05) is 11.4 Å². The van der Waals surface area contributed by atoms with Crippen LogP contribution in [0.5, 0.6) is 0 Å². The Morgan fingerprint density at radius 1 is 1.27 bits per heavy atom. The molecule has 0 radical (unpaired) electrons. The molecule has 1 N–H and O–H groups in total. The van der Waals surface area contributed by atoms with E-state index in [0.29, 0.717) is 11.4 Å². The molecular formula is C10H22BrNO2S. The van der Waals surface area contributed by atoms with Crippen molar-refractivity contribution in [3.05, 3.63) is 0 Å². The van der Waals surface area contributed by atoms with Crippen LogP contribution < -0.4 is 5.32 Å². The summed E-state index contributed by atoms with van der Waals surface area (Å²) in [5.74, 6) is 0.240. The number of alkyl halides is 1. The average Bonchev–Trinajstić information content (AvgIpc) is 2.16. The normalized spacial score (nSPS) is 14.5. The van der Waals surface area contributed by atoms with Crippen molar-refractivity contribution >= 4 is 25.8 Å². The first-order valence-corrected chi connectivity index (χ1v) is 8.09. The van der Waals surface area contributed by atoms with Gasteiger partial charge in [0.25, 0.3) is 0 Å². The lowest BCUT2D eigenvalue weighted by Gasteiger charge is -2.10. The van der Waals surface area contributed by atoms with Crippen LogP contribution in [-0.2, 0) is 9.84 Å². The number of hydrogen-bond donors (Lipinski definition) is 1. The van der Waals surface area contributed by atoms with Crippen molar-refractivity contribution in [2.24, 2.45) is 0 Å². The Bertz CT molecular complexity index is 252. The molecule has 92 valence electrons. The molecule has 1 atom stereocenters. The van der Waals surface area contributed by atoms with Gasteiger partial charge in [0.15, 0.2) is 9.84 Å². The highest BCUT2D eigenvalue weighted by molar-refractivity contribution is 9.09. The Labute approximate surface area is 102 Å². The van der Waals surface area contributed by atoms with Crippen LogP contribution >= 0.6 is 15.9 Å². The summed E-state index contributed by atoms with van der Waals surface area (Å²) in [6, 6.07) is 0. The van der Waals surface area contributed by atoms with Crippen LogP contribution in [0.3, 0.4) is 0 Å². The second kappa shape index (κ2) is 7.63. The van der Waals surface area contributed by atoms with E-state index >= 15 is 0 Å². The molecule has 0 aliphatic carbocycles. The second-order valence-corrected chi connectivity index (χ2v) is 7.93. The molecule has 0 aliphatic heterocycles. The van der Waals surface area contributed by atoms with E-state index in [2.05, 4.69) is 28.2 Å². The standard InChI is InChI=1S/C10H22BrNO2S/c1-4-10(11)5-6-12-7-8-15(13,14)9(2)3/h9-10,12H,4-8H2,1-3H3. The fraction of sp³-hybridized carbons (Fsp3) is 1.00. The molecule has 0 saturated carbocycles. The molecule has 3 nitrogen and oxygen atoms in total. The molecule has 1 unspecified atom stereocenters. The highest BCUT2D eigenvalue weighted by atomic mass is 79.9. The van der Waals surface area contributed by atoms with Crippen molar-refractivity contribution in [2.75, 3.05) is 18.8 Å². The van der Waals surface area contributed by atoms with E-state index in [0.717, 1.165) is 19.4 Å². The zero-order valence-corrected chi connectivity index (χ0v) is 12.2. The molecule has 0 aromatic rings. The zero-order chi connectivity index (χ0) is 11.9. The minimum absolute atomic E-state index is 0.240. The van der Waals surface area contributed by atoms with E-state index in [1.165, 1.54) is 0 Å². The maximum Gasteiger partial charge on any atom is 0.153 e. The van der Waals surface area contributed by atoms with Gasteiger partial charge in [-0.2, -0.15) is 0 Å². The predicted octanol–water partition coefficient (Wildman–Crippen LogP) is 1.96. The van der Waals surface area contributed by atoms with Gasteiger partial charge >= 0.3 is 0 Å². The van der Waals surface area contributed by atoms with Crippen molar-refractivity contribution in [3.8, 4) is 0 Å². The van der Waals surface area contributed by atoms with Gasteiger partial charge in [-0.3, -0.25) is 0 Å². The topological polar surface area (TPSA) is 46.2 Å². The van der Waals surface area contributed by atoms with E-state index in [-0.39, 0.29) is 11.0 Å². The number of nitrogens with one attached hydrogen (secondary N) is 1. The third-order valence-electron chi connectivity index (χ3n) is 2.36. The molecule has 0 saturated heterocycles. The van der Waals surface area contributed by atoms with Crippen molar-refractivity contribution in [1.29, 1.82) is 0 Å². The van der Waals surface area contributed by atoms with Gasteiger partial charge in [0.05, 0.1) is 11.0 Å². The van der Waals surface area contributed by atoms with Crippen molar-refractivity contribution in [2.45, 2.75) is 43.7 Å². The summed E-state index contributed by atoms with van der Waals surface area (Å²) >= 11 is 3.53. The lowest BCUT2D eigenvalue weighted by atomic mass is 10.2. The fourth-order valence-corrected chi connectivity index (χ4v) is 2.17. The first kappa shape index (κ1) is 15.4. The van der Waals surface area contributed by atoms with Gasteiger partial charge in [-0.1, -0.05) is 22.9 Å².